The van der Waals surface area contributed by atoms with Crippen LogP contribution in [0.15, 0.2) is 24.3 Å². The minimum absolute atomic E-state index is 0.0421. The highest BCUT2D eigenvalue weighted by Crippen LogP contribution is 2.16. The third-order valence-electron chi connectivity index (χ3n) is 2.94. The molecule has 0 N–H and O–H groups in total. The van der Waals surface area contributed by atoms with E-state index in [4.69, 9.17) is 0 Å². The third kappa shape index (κ3) is 1.98. The van der Waals surface area contributed by atoms with Crippen molar-refractivity contribution in [1.29, 1.82) is 0 Å². The van der Waals surface area contributed by atoms with Crippen molar-refractivity contribution in [2.75, 3.05) is 6.54 Å². The van der Waals surface area contributed by atoms with Gasteiger partial charge in [0.25, 0.3) is 5.91 Å². The molecule has 1 aliphatic rings. The Balaban J connectivity index is 2.25. The lowest BCUT2D eigenvalue weighted by atomic mass is 10.1. The van der Waals surface area contributed by atoms with Crippen LogP contribution in [0.25, 0.3) is 0 Å². The second-order valence-corrected chi connectivity index (χ2v) is 4.12. The topological polar surface area (TPSA) is 37.4 Å². The number of amides is 2. The Hall–Kier alpha value is -1.64. The Labute approximate surface area is 95.1 Å². The second kappa shape index (κ2) is 4.47. The number of aryl methyl sites for hydroxylation is 1. The molecule has 84 valence electrons. The van der Waals surface area contributed by atoms with Crippen molar-refractivity contribution in [2.45, 2.75) is 26.2 Å². The molecule has 3 nitrogen and oxygen atoms in total. The van der Waals surface area contributed by atoms with Crippen LogP contribution in [-0.4, -0.2) is 23.3 Å². The van der Waals surface area contributed by atoms with Crippen LogP contribution in [0.3, 0.4) is 0 Å². The molecule has 0 atom stereocenters. The molecule has 1 aromatic rings. The van der Waals surface area contributed by atoms with Gasteiger partial charge in [-0.25, -0.2) is 0 Å². The number of benzene rings is 1. The van der Waals surface area contributed by atoms with E-state index in [0.29, 0.717) is 18.5 Å². The molecule has 3 heteroatoms. The monoisotopic (exact) mass is 217 g/mol. The zero-order chi connectivity index (χ0) is 11.5. The summed E-state index contributed by atoms with van der Waals surface area (Å²) in [6, 6.07) is 7.39. The lowest BCUT2D eigenvalue weighted by molar-refractivity contribution is -0.130. The summed E-state index contributed by atoms with van der Waals surface area (Å²) in [6.07, 6.45) is 2.32. The fourth-order valence-corrected chi connectivity index (χ4v) is 1.98. The summed E-state index contributed by atoms with van der Waals surface area (Å²) in [5.74, 6) is -0.192. The molecule has 1 aliphatic heterocycles. The number of likely N-dealkylation sites (tertiary alicyclic amines) is 1. The predicted molar refractivity (Wildman–Crippen MR) is 61.1 cm³/mol. The van der Waals surface area contributed by atoms with Crippen LogP contribution in [-0.2, 0) is 4.79 Å². The van der Waals surface area contributed by atoms with Gasteiger partial charge in [0.15, 0.2) is 0 Å². The molecule has 1 aromatic carbocycles. The molecule has 0 saturated carbocycles. The molecule has 2 rings (SSSR count). The summed E-state index contributed by atoms with van der Waals surface area (Å²) in [6.45, 7) is 2.45. The van der Waals surface area contributed by atoms with E-state index in [2.05, 4.69) is 0 Å². The fraction of sp³-hybridized carbons (Fsp3) is 0.385. The van der Waals surface area contributed by atoms with Gasteiger partial charge in [-0.3, -0.25) is 14.5 Å². The van der Waals surface area contributed by atoms with Crippen LogP contribution < -0.4 is 0 Å². The van der Waals surface area contributed by atoms with Crippen molar-refractivity contribution in [3.05, 3.63) is 35.4 Å². The van der Waals surface area contributed by atoms with E-state index in [1.54, 1.807) is 6.07 Å². The summed E-state index contributed by atoms with van der Waals surface area (Å²) in [7, 11) is 0. The van der Waals surface area contributed by atoms with Gasteiger partial charge in [0.1, 0.15) is 0 Å². The fourth-order valence-electron chi connectivity index (χ4n) is 1.98. The summed E-state index contributed by atoms with van der Waals surface area (Å²) >= 11 is 0. The first-order chi connectivity index (χ1) is 7.70. The van der Waals surface area contributed by atoms with Crippen molar-refractivity contribution < 1.29 is 9.59 Å². The number of carbonyl (C=O) groups is 2. The van der Waals surface area contributed by atoms with Crippen LogP contribution >= 0.6 is 0 Å². The summed E-state index contributed by atoms with van der Waals surface area (Å²) in [5, 5.41) is 0. The van der Waals surface area contributed by atoms with Crippen LogP contribution in [0.2, 0.25) is 0 Å². The van der Waals surface area contributed by atoms with Gasteiger partial charge < -0.3 is 0 Å². The lowest BCUT2D eigenvalue weighted by Gasteiger charge is -2.25. The van der Waals surface area contributed by atoms with Crippen LogP contribution in [0.1, 0.15) is 35.2 Å². The number of hydrogen-bond donors (Lipinski definition) is 0. The maximum absolute atomic E-state index is 12.1. The molecule has 16 heavy (non-hydrogen) atoms. The Morgan fingerprint density at radius 3 is 2.69 bits per heavy atom. The van der Waals surface area contributed by atoms with E-state index in [-0.39, 0.29) is 11.8 Å². The minimum atomic E-state index is -0.150. The first-order valence-electron chi connectivity index (χ1n) is 5.60. The molecule has 0 aliphatic carbocycles. The van der Waals surface area contributed by atoms with E-state index in [1.807, 2.05) is 25.1 Å². The molecule has 0 radical (unpaired) electrons. The molecule has 2 amide bonds. The molecule has 0 aromatic heterocycles. The Kier molecular flexibility index (Phi) is 3.04. The number of hydrogen-bond acceptors (Lipinski definition) is 2. The van der Waals surface area contributed by atoms with E-state index in [1.165, 1.54) is 4.90 Å². The van der Waals surface area contributed by atoms with Crippen molar-refractivity contribution in [1.82, 2.24) is 4.90 Å². The average Bonchev–Trinajstić information content (AvgIpc) is 2.29. The van der Waals surface area contributed by atoms with Gasteiger partial charge in [-0.1, -0.05) is 18.2 Å². The summed E-state index contributed by atoms with van der Waals surface area (Å²) in [5.41, 5.74) is 1.56. The zero-order valence-electron chi connectivity index (χ0n) is 9.40. The van der Waals surface area contributed by atoms with Gasteiger partial charge in [0.05, 0.1) is 0 Å². The van der Waals surface area contributed by atoms with Gasteiger partial charge in [-0.15, -0.1) is 0 Å². The van der Waals surface area contributed by atoms with E-state index < -0.39 is 0 Å². The highest BCUT2D eigenvalue weighted by Gasteiger charge is 2.25. The molecular formula is C13H15NO2. The van der Waals surface area contributed by atoms with Crippen LogP contribution in [0, 0.1) is 6.92 Å². The average molecular weight is 217 g/mol. The maximum atomic E-state index is 12.1. The van der Waals surface area contributed by atoms with Gasteiger partial charge in [-0.2, -0.15) is 0 Å². The Bertz CT molecular complexity index is 426. The smallest absolute Gasteiger partial charge is 0.260 e. The highest BCUT2D eigenvalue weighted by molar-refractivity contribution is 6.05. The molecule has 1 fully saturated rings. The Morgan fingerprint density at radius 1 is 1.25 bits per heavy atom. The van der Waals surface area contributed by atoms with Crippen molar-refractivity contribution in [2.24, 2.45) is 0 Å². The second-order valence-electron chi connectivity index (χ2n) is 4.12. The van der Waals surface area contributed by atoms with Gasteiger partial charge in [0.2, 0.25) is 5.91 Å². The zero-order valence-corrected chi connectivity index (χ0v) is 9.40. The van der Waals surface area contributed by atoms with Crippen molar-refractivity contribution >= 4 is 11.8 Å². The van der Waals surface area contributed by atoms with E-state index in [9.17, 15) is 9.59 Å². The first-order valence-corrected chi connectivity index (χ1v) is 5.60. The van der Waals surface area contributed by atoms with Gasteiger partial charge in [-0.05, 0) is 31.4 Å². The molecule has 0 spiro atoms. The van der Waals surface area contributed by atoms with E-state index >= 15 is 0 Å². The standard InChI is InChI=1S/C13H15NO2/c1-10-6-2-3-7-11(10)13(16)14-9-5-4-8-12(14)15/h2-3,6-7H,4-5,8-9H2,1H3. The molecule has 1 saturated heterocycles. The SMILES string of the molecule is Cc1ccccc1C(=O)N1CCCCC1=O. The normalized spacial score (nSPS) is 16.3. The highest BCUT2D eigenvalue weighted by atomic mass is 16.2. The third-order valence-corrected chi connectivity index (χ3v) is 2.94. The quantitative estimate of drug-likeness (QED) is 0.676. The number of piperidine rings is 1. The van der Waals surface area contributed by atoms with E-state index in [0.717, 1.165) is 18.4 Å². The number of imide groups is 1. The molecular weight excluding hydrogens is 202 g/mol. The van der Waals surface area contributed by atoms with Gasteiger partial charge >= 0.3 is 0 Å². The number of rotatable bonds is 1. The lowest BCUT2D eigenvalue weighted by Crippen LogP contribution is -2.40. The molecule has 0 bridgehead atoms. The number of nitrogens with zero attached hydrogens (tertiary/aromatic N) is 1. The van der Waals surface area contributed by atoms with Gasteiger partial charge in [0, 0.05) is 18.5 Å². The first kappa shape index (κ1) is 10.9. The molecule has 1 heterocycles. The predicted octanol–water partition coefficient (Wildman–Crippen LogP) is 2.15. The molecule has 0 unspecified atom stereocenters. The largest absolute Gasteiger partial charge is 0.279 e. The minimum Gasteiger partial charge on any atom is -0.279 e. The van der Waals surface area contributed by atoms with Crippen LogP contribution in [0.4, 0.5) is 0 Å². The summed E-state index contributed by atoms with van der Waals surface area (Å²) < 4.78 is 0. The number of carbonyl (C=O) groups excluding carboxylic acids is 2. The van der Waals surface area contributed by atoms with Crippen molar-refractivity contribution in [3.8, 4) is 0 Å². The summed E-state index contributed by atoms with van der Waals surface area (Å²) in [4.78, 5) is 25.1. The van der Waals surface area contributed by atoms with Crippen molar-refractivity contribution in [3.63, 3.8) is 0 Å². The Morgan fingerprint density at radius 2 is 2.00 bits per heavy atom. The van der Waals surface area contributed by atoms with Crippen LogP contribution in [0.5, 0.6) is 0 Å². The maximum Gasteiger partial charge on any atom is 0.260 e.